The maximum absolute atomic E-state index is 12.2. The van der Waals surface area contributed by atoms with Gasteiger partial charge in [0, 0.05) is 37.8 Å². The number of nitrogens with one attached hydrogen (secondary N) is 1. The lowest BCUT2D eigenvalue weighted by molar-refractivity contribution is -0.138. The Kier molecular flexibility index (Phi) is 5.05. The van der Waals surface area contributed by atoms with E-state index in [9.17, 15) is 9.59 Å². The lowest BCUT2D eigenvalue weighted by atomic mass is 10.0. The molecule has 0 aromatic rings. The van der Waals surface area contributed by atoms with Gasteiger partial charge in [-0.2, -0.15) is 0 Å². The van der Waals surface area contributed by atoms with E-state index in [0.29, 0.717) is 12.6 Å². The first kappa shape index (κ1) is 16.0. The summed E-state index contributed by atoms with van der Waals surface area (Å²) in [6.45, 7) is 8.24. The molecule has 2 saturated heterocycles. The van der Waals surface area contributed by atoms with E-state index in [1.54, 1.807) is 18.7 Å². The van der Waals surface area contributed by atoms with E-state index >= 15 is 0 Å². The van der Waals surface area contributed by atoms with Gasteiger partial charge in [-0.25, -0.2) is 4.79 Å². The van der Waals surface area contributed by atoms with Crippen LogP contribution in [0.1, 0.15) is 26.7 Å². The van der Waals surface area contributed by atoms with Crippen molar-refractivity contribution in [2.75, 3.05) is 39.4 Å². The molecule has 2 N–H and O–H groups in total. The first-order valence-corrected chi connectivity index (χ1v) is 7.48. The SMILES string of the molecule is CC(C)(CC(=O)O)NC(=O)N1CCC(N2CCOCC2)C1. The van der Waals surface area contributed by atoms with Crippen LogP contribution < -0.4 is 5.32 Å². The molecule has 0 radical (unpaired) electrons. The maximum Gasteiger partial charge on any atom is 0.317 e. The molecule has 7 heteroatoms. The van der Waals surface area contributed by atoms with E-state index in [1.807, 2.05) is 0 Å². The predicted molar refractivity (Wildman–Crippen MR) is 77.2 cm³/mol. The number of carbonyl (C=O) groups is 2. The van der Waals surface area contributed by atoms with Crippen LogP contribution in [0.5, 0.6) is 0 Å². The first-order valence-electron chi connectivity index (χ1n) is 7.48. The Morgan fingerprint density at radius 3 is 2.57 bits per heavy atom. The molecule has 1 atom stereocenters. The van der Waals surface area contributed by atoms with Crippen molar-refractivity contribution >= 4 is 12.0 Å². The quantitative estimate of drug-likeness (QED) is 0.783. The Hall–Kier alpha value is -1.34. The summed E-state index contributed by atoms with van der Waals surface area (Å²) in [5.41, 5.74) is -0.736. The molecule has 2 heterocycles. The van der Waals surface area contributed by atoms with Gasteiger partial charge < -0.3 is 20.1 Å². The number of morpholine rings is 1. The van der Waals surface area contributed by atoms with E-state index in [0.717, 1.165) is 39.3 Å². The zero-order valence-electron chi connectivity index (χ0n) is 12.8. The average molecular weight is 299 g/mol. The zero-order chi connectivity index (χ0) is 15.5. The highest BCUT2D eigenvalue weighted by molar-refractivity contribution is 5.77. The second kappa shape index (κ2) is 6.62. The number of nitrogens with zero attached hydrogens (tertiary/aromatic N) is 2. The highest BCUT2D eigenvalue weighted by atomic mass is 16.5. The molecule has 0 aliphatic carbocycles. The van der Waals surface area contributed by atoms with Gasteiger partial charge in [-0.3, -0.25) is 9.69 Å². The van der Waals surface area contributed by atoms with Crippen molar-refractivity contribution in [1.82, 2.24) is 15.1 Å². The molecule has 7 nitrogen and oxygen atoms in total. The molecule has 0 spiro atoms. The summed E-state index contributed by atoms with van der Waals surface area (Å²) in [5.74, 6) is -0.909. The van der Waals surface area contributed by atoms with Crippen LogP contribution in [0.2, 0.25) is 0 Å². The maximum atomic E-state index is 12.2. The molecule has 21 heavy (non-hydrogen) atoms. The van der Waals surface area contributed by atoms with Gasteiger partial charge in [-0.1, -0.05) is 0 Å². The number of carbonyl (C=O) groups excluding carboxylic acids is 1. The van der Waals surface area contributed by atoms with Gasteiger partial charge >= 0.3 is 12.0 Å². The van der Waals surface area contributed by atoms with Crippen molar-refractivity contribution in [3.63, 3.8) is 0 Å². The van der Waals surface area contributed by atoms with Crippen molar-refractivity contribution in [2.24, 2.45) is 0 Å². The Balaban J connectivity index is 1.82. The lowest BCUT2D eigenvalue weighted by Crippen LogP contribution is -2.51. The number of amides is 2. The molecule has 2 rings (SSSR count). The molecular weight excluding hydrogens is 274 g/mol. The van der Waals surface area contributed by atoms with Crippen molar-refractivity contribution in [1.29, 1.82) is 0 Å². The topological polar surface area (TPSA) is 82.1 Å². The van der Waals surface area contributed by atoms with E-state index in [-0.39, 0.29) is 12.5 Å². The molecule has 2 fully saturated rings. The van der Waals surface area contributed by atoms with E-state index in [2.05, 4.69) is 10.2 Å². The largest absolute Gasteiger partial charge is 0.481 e. The Morgan fingerprint density at radius 2 is 1.95 bits per heavy atom. The van der Waals surface area contributed by atoms with Crippen molar-refractivity contribution < 1.29 is 19.4 Å². The van der Waals surface area contributed by atoms with E-state index < -0.39 is 11.5 Å². The first-order chi connectivity index (χ1) is 9.87. The summed E-state index contributed by atoms with van der Waals surface area (Å²) >= 11 is 0. The van der Waals surface area contributed by atoms with E-state index in [4.69, 9.17) is 9.84 Å². The van der Waals surface area contributed by atoms with E-state index in [1.165, 1.54) is 0 Å². The summed E-state index contributed by atoms with van der Waals surface area (Å²) in [4.78, 5) is 27.2. The Bertz CT molecular complexity index is 394. The van der Waals surface area contributed by atoms with Crippen LogP contribution in [0.15, 0.2) is 0 Å². The van der Waals surface area contributed by atoms with Crippen molar-refractivity contribution in [3.8, 4) is 0 Å². The fourth-order valence-corrected chi connectivity index (χ4v) is 2.96. The zero-order valence-corrected chi connectivity index (χ0v) is 12.8. The molecule has 0 saturated carbocycles. The van der Waals surface area contributed by atoms with Crippen LogP contribution in [0.25, 0.3) is 0 Å². The second-order valence-corrected chi connectivity index (χ2v) is 6.42. The molecule has 120 valence electrons. The summed E-state index contributed by atoms with van der Waals surface area (Å²) < 4.78 is 5.35. The molecule has 0 aromatic carbocycles. The molecule has 2 amide bonds. The summed E-state index contributed by atoms with van der Waals surface area (Å²) in [7, 11) is 0. The number of urea groups is 1. The second-order valence-electron chi connectivity index (χ2n) is 6.42. The Labute approximate surface area is 125 Å². The summed E-state index contributed by atoms with van der Waals surface area (Å²) in [6, 6.07) is 0.222. The minimum absolute atomic E-state index is 0.0839. The molecule has 0 aromatic heterocycles. The van der Waals surface area contributed by atoms with Gasteiger partial charge in [0.25, 0.3) is 0 Å². The fourth-order valence-electron chi connectivity index (χ4n) is 2.96. The number of hydrogen-bond donors (Lipinski definition) is 2. The smallest absolute Gasteiger partial charge is 0.317 e. The van der Waals surface area contributed by atoms with Crippen LogP contribution in [-0.2, 0) is 9.53 Å². The van der Waals surface area contributed by atoms with Crippen LogP contribution in [-0.4, -0.2) is 77.9 Å². The standard InChI is InChI=1S/C14H25N3O4/c1-14(2,9-12(18)19)15-13(20)17-4-3-11(10-17)16-5-7-21-8-6-16/h11H,3-10H2,1-2H3,(H,15,20)(H,18,19). The molecule has 0 bridgehead atoms. The fraction of sp³-hybridized carbons (Fsp3) is 0.857. The van der Waals surface area contributed by atoms with Gasteiger partial charge in [-0.15, -0.1) is 0 Å². The number of carboxylic acids is 1. The summed E-state index contributed by atoms with van der Waals surface area (Å²) in [5, 5.41) is 11.7. The van der Waals surface area contributed by atoms with Gasteiger partial charge in [0.15, 0.2) is 0 Å². The predicted octanol–water partition coefficient (Wildman–Crippen LogP) is 0.356. The summed E-state index contributed by atoms with van der Waals surface area (Å²) in [6.07, 6.45) is 0.881. The van der Waals surface area contributed by atoms with Gasteiger partial charge in [-0.05, 0) is 20.3 Å². The van der Waals surface area contributed by atoms with Crippen LogP contribution in [0.4, 0.5) is 4.79 Å². The van der Waals surface area contributed by atoms with Crippen molar-refractivity contribution in [2.45, 2.75) is 38.3 Å². The monoisotopic (exact) mass is 299 g/mol. The van der Waals surface area contributed by atoms with Gasteiger partial charge in [0.2, 0.25) is 0 Å². The van der Waals surface area contributed by atoms with Crippen LogP contribution in [0, 0.1) is 0 Å². The molecule has 1 unspecified atom stereocenters. The highest BCUT2D eigenvalue weighted by Gasteiger charge is 2.33. The number of ether oxygens (including phenoxy) is 1. The number of rotatable bonds is 4. The number of hydrogen-bond acceptors (Lipinski definition) is 4. The van der Waals surface area contributed by atoms with Crippen molar-refractivity contribution in [3.05, 3.63) is 0 Å². The number of carboxylic acid groups (broad SMARTS) is 1. The molecular formula is C14H25N3O4. The third-order valence-electron chi connectivity index (χ3n) is 4.05. The average Bonchev–Trinajstić information content (AvgIpc) is 2.87. The van der Waals surface area contributed by atoms with Gasteiger partial charge in [0.1, 0.15) is 0 Å². The third-order valence-corrected chi connectivity index (χ3v) is 4.05. The van der Waals surface area contributed by atoms with Gasteiger partial charge in [0.05, 0.1) is 19.6 Å². The minimum Gasteiger partial charge on any atom is -0.481 e. The molecule has 2 aliphatic rings. The van der Waals surface area contributed by atoms with Crippen LogP contribution >= 0.6 is 0 Å². The Morgan fingerprint density at radius 1 is 1.29 bits per heavy atom. The normalized spacial score (nSPS) is 24.1. The lowest BCUT2D eigenvalue weighted by Gasteiger charge is -2.32. The van der Waals surface area contributed by atoms with Crippen LogP contribution in [0.3, 0.4) is 0 Å². The number of likely N-dealkylation sites (tertiary alicyclic amines) is 1. The minimum atomic E-state index is -0.909. The highest BCUT2D eigenvalue weighted by Crippen LogP contribution is 2.18. The third kappa shape index (κ3) is 4.57. The number of aliphatic carboxylic acids is 1. The molecule has 2 aliphatic heterocycles.